The number of benzene rings is 2. The first-order valence-corrected chi connectivity index (χ1v) is 13.4. The third-order valence-corrected chi connectivity index (χ3v) is 7.98. The lowest BCUT2D eigenvalue weighted by atomic mass is 9.71. The van der Waals surface area contributed by atoms with Gasteiger partial charge in [-0.3, -0.25) is 4.79 Å². The topological polar surface area (TPSA) is 94.1 Å². The number of Topliss-reactive ketones (excluding diaryl/α,β-unsaturated/α-hetero) is 1. The standard InChI is InChI=1S/C31H35NO6/c1-18-28(31(35)38-23-7-5-4-6-8-23)29(19-9-12-22(33)13-10-19)30-24(32-18)15-21(16-25(30)34)20-11-14-26(36-2)27(17-20)37-3/h9-14,17,21,23,29,32-33H,4-8,15-16H2,1-3H3/t21-,29+/m1/s1. The van der Waals surface area contributed by atoms with Crippen molar-refractivity contribution in [3.8, 4) is 17.2 Å². The second-order valence-corrected chi connectivity index (χ2v) is 10.4. The lowest BCUT2D eigenvalue weighted by molar-refractivity contribution is -0.146. The molecular formula is C31H35NO6. The fourth-order valence-electron chi connectivity index (χ4n) is 6.05. The van der Waals surface area contributed by atoms with Crippen LogP contribution < -0.4 is 14.8 Å². The average Bonchev–Trinajstić information content (AvgIpc) is 2.92. The predicted molar refractivity (Wildman–Crippen MR) is 143 cm³/mol. The van der Waals surface area contributed by atoms with E-state index in [1.807, 2.05) is 25.1 Å². The van der Waals surface area contributed by atoms with Crippen LogP contribution in [0.3, 0.4) is 0 Å². The smallest absolute Gasteiger partial charge is 0.337 e. The summed E-state index contributed by atoms with van der Waals surface area (Å²) in [5.74, 6) is 0.418. The van der Waals surface area contributed by atoms with E-state index in [0.29, 0.717) is 41.2 Å². The van der Waals surface area contributed by atoms with E-state index in [0.717, 1.165) is 42.5 Å². The monoisotopic (exact) mass is 517 g/mol. The SMILES string of the molecule is COc1ccc([C@H]2CC(=O)C3=C(C2)NC(C)=C(C(=O)OC2CCCCC2)[C@@H]3c2ccc(O)cc2)cc1OC. The summed E-state index contributed by atoms with van der Waals surface area (Å²) in [6.45, 7) is 1.87. The molecular weight excluding hydrogens is 482 g/mol. The molecule has 38 heavy (non-hydrogen) atoms. The first kappa shape index (κ1) is 25.9. The van der Waals surface area contributed by atoms with Crippen LogP contribution in [0.1, 0.15) is 74.8 Å². The lowest BCUT2D eigenvalue weighted by Crippen LogP contribution is -2.37. The summed E-state index contributed by atoms with van der Waals surface area (Å²) in [5, 5.41) is 13.3. The summed E-state index contributed by atoms with van der Waals surface area (Å²) in [5.41, 5.74) is 4.38. The number of esters is 1. The normalized spacial score (nSPS) is 22.0. The Morgan fingerprint density at radius 1 is 0.921 bits per heavy atom. The number of nitrogens with one attached hydrogen (secondary N) is 1. The molecule has 0 bridgehead atoms. The highest BCUT2D eigenvalue weighted by Crippen LogP contribution is 2.47. The van der Waals surface area contributed by atoms with Crippen molar-refractivity contribution in [3.63, 3.8) is 0 Å². The summed E-state index contributed by atoms with van der Waals surface area (Å²) < 4.78 is 16.9. The van der Waals surface area contributed by atoms with Gasteiger partial charge >= 0.3 is 5.97 Å². The van der Waals surface area contributed by atoms with Crippen LogP contribution in [-0.2, 0) is 14.3 Å². The molecule has 2 N–H and O–H groups in total. The Balaban J connectivity index is 1.51. The lowest BCUT2D eigenvalue weighted by Gasteiger charge is -2.37. The minimum Gasteiger partial charge on any atom is -0.508 e. The molecule has 1 fully saturated rings. The number of methoxy groups -OCH3 is 2. The highest BCUT2D eigenvalue weighted by Gasteiger charge is 2.42. The van der Waals surface area contributed by atoms with Crippen molar-refractivity contribution in [2.24, 2.45) is 0 Å². The highest BCUT2D eigenvalue weighted by molar-refractivity contribution is 6.04. The molecule has 0 spiro atoms. The Morgan fingerprint density at radius 3 is 2.29 bits per heavy atom. The van der Waals surface area contributed by atoms with E-state index in [2.05, 4.69) is 5.32 Å². The number of allylic oxidation sites excluding steroid dienone is 3. The number of phenolic OH excluding ortho intramolecular Hbond substituents is 1. The summed E-state index contributed by atoms with van der Waals surface area (Å²) in [4.78, 5) is 27.4. The molecule has 0 amide bonds. The number of carbonyl (C=O) groups is 2. The van der Waals surface area contributed by atoms with Crippen molar-refractivity contribution in [1.29, 1.82) is 0 Å². The zero-order valence-electron chi connectivity index (χ0n) is 22.2. The van der Waals surface area contributed by atoms with Crippen LogP contribution in [0.25, 0.3) is 0 Å². The van der Waals surface area contributed by atoms with Gasteiger partial charge in [0.25, 0.3) is 0 Å². The molecule has 1 heterocycles. The number of carbonyl (C=O) groups excluding carboxylic acids is 2. The Hall–Kier alpha value is -3.74. The van der Waals surface area contributed by atoms with Gasteiger partial charge in [-0.25, -0.2) is 4.79 Å². The zero-order valence-corrected chi connectivity index (χ0v) is 22.2. The number of hydrogen-bond donors (Lipinski definition) is 2. The molecule has 0 aromatic heterocycles. The number of hydrogen-bond acceptors (Lipinski definition) is 7. The quantitative estimate of drug-likeness (QED) is 0.479. The van der Waals surface area contributed by atoms with Crippen molar-refractivity contribution in [1.82, 2.24) is 5.32 Å². The second kappa shape index (κ2) is 10.9. The molecule has 2 aromatic rings. The number of ketones is 1. The molecule has 200 valence electrons. The van der Waals surface area contributed by atoms with Gasteiger partial charge in [-0.1, -0.05) is 24.6 Å². The molecule has 2 aliphatic carbocycles. The fraction of sp³-hybridized carbons (Fsp3) is 0.419. The van der Waals surface area contributed by atoms with E-state index in [-0.39, 0.29) is 29.5 Å². The third kappa shape index (κ3) is 5.02. The zero-order chi connectivity index (χ0) is 26.8. The Kier molecular flexibility index (Phi) is 7.45. The van der Waals surface area contributed by atoms with Gasteiger partial charge in [0.2, 0.25) is 0 Å². The average molecular weight is 518 g/mol. The van der Waals surface area contributed by atoms with E-state index >= 15 is 0 Å². The first-order valence-electron chi connectivity index (χ1n) is 13.4. The minimum atomic E-state index is -0.554. The van der Waals surface area contributed by atoms with Crippen LogP contribution in [0.5, 0.6) is 17.2 Å². The van der Waals surface area contributed by atoms with Crippen LogP contribution in [-0.4, -0.2) is 37.2 Å². The second-order valence-electron chi connectivity index (χ2n) is 10.4. The van der Waals surface area contributed by atoms with Crippen LogP contribution in [0.15, 0.2) is 65.0 Å². The first-order chi connectivity index (χ1) is 18.4. The van der Waals surface area contributed by atoms with E-state index in [1.165, 1.54) is 6.42 Å². The largest absolute Gasteiger partial charge is 0.508 e. The van der Waals surface area contributed by atoms with E-state index in [1.54, 1.807) is 38.5 Å². The molecule has 2 aromatic carbocycles. The minimum absolute atomic E-state index is 0.00734. The molecule has 0 saturated heterocycles. The van der Waals surface area contributed by atoms with Gasteiger partial charge in [0, 0.05) is 29.3 Å². The number of dihydropyridines is 1. The Bertz CT molecular complexity index is 1290. The maximum absolute atomic E-state index is 13.8. The predicted octanol–water partition coefficient (Wildman–Crippen LogP) is 5.65. The summed E-state index contributed by atoms with van der Waals surface area (Å²) in [7, 11) is 3.20. The Morgan fingerprint density at radius 2 is 1.61 bits per heavy atom. The molecule has 1 saturated carbocycles. The molecule has 0 unspecified atom stereocenters. The van der Waals surface area contributed by atoms with Gasteiger partial charge in [-0.2, -0.15) is 0 Å². The molecule has 2 atom stereocenters. The van der Waals surface area contributed by atoms with E-state index in [9.17, 15) is 14.7 Å². The van der Waals surface area contributed by atoms with Gasteiger partial charge in [-0.05, 0) is 80.3 Å². The summed E-state index contributed by atoms with van der Waals surface area (Å²) in [6, 6.07) is 12.5. The van der Waals surface area contributed by atoms with E-state index < -0.39 is 5.92 Å². The van der Waals surface area contributed by atoms with Gasteiger partial charge in [0.1, 0.15) is 11.9 Å². The maximum Gasteiger partial charge on any atom is 0.337 e. The number of ether oxygens (including phenoxy) is 3. The number of rotatable bonds is 6. The summed E-state index contributed by atoms with van der Waals surface area (Å²) in [6.07, 6.45) is 5.86. The van der Waals surface area contributed by atoms with Crippen molar-refractivity contribution in [2.45, 2.75) is 69.8 Å². The van der Waals surface area contributed by atoms with Crippen LogP contribution >= 0.6 is 0 Å². The fourth-order valence-corrected chi connectivity index (χ4v) is 6.05. The van der Waals surface area contributed by atoms with Gasteiger partial charge in [0.15, 0.2) is 17.3 Å². The van der Waals surface area contributed by atoms with Crippen LogP contribution in [0.4, 0.5) is 0 Å². The number of aromatic hydroxyl groups is 1. The molecule has 7 nitrogen and oxygen atoms in total. The van der Waals surface area contributed by atoms with Gasteiger partial charge in [0.05, 0.1) is 19.8 Å². The molecule has 1 aliphatic heterocycles. The number of phenols is 1. The van der Waals surface area contributed by atoms with Gasteiger partial charge < -0.3 is 24.6 Å². The van der Waals surface area contributed by atoms with Crippen molar-refractivity contribution >= 4 is 11.8 Å². The molecule has 5 rings (SSSR count). The highest BCUT2D eigenvalue weighted by atomic mass is 16.5. The molecule has 7 heteroatoms. The van der Waals surface area contributed by atoms with Crippen molar-refractivity contribution in [2.75, 3.05) is 14.2 Å². The Labute approximate surface area is 223 Å². The molecule has 3 aliphatic rings. The third-order valence-electron chi connectivity index (χ3n) is 7.98. The van der Waals surface area contributed by atoms with Crippen LogP contribution in [0.2, 0.25) is 0 Å². The van der Waals surface area contributed by atoms with Crippen molar-refractivity contribution in [3.05, 3.63) is 76.1 Å². The van der Waals surface area contributed by atoms with E-state index in [4.69, 9.17) is 14.2 Å². The van der Waals surface area contributed by atoms with Crippen molar-refractivity contribution < 1.29 is 28.9 Å². The molecule has 0 radical (unpaired) electrons. The van der Waals surface area contributed by atoms with Crippen LogP contribution in [0, 0.1) is 0 Å². The van der Waals surface area contributed by atoms with Gasteiger partial charge in [-0.15, -0.1) is 0 Å². The maximum atomic E-state index is 13.8. The summed E-state index contributed by atoms with van der Waals surface area (Å²) >= 11 is 0.